The predicted molar refractivity (Wildman–Crippen MR) is 118 cm³/mol. The summed E-state index contributed by atoms with van der Waals surface area (Å²) in [6.45, 7) is 6.99. The molecule has 1 saturated heterocycles. The van der Waals surface area contributed by atoms with Gasteiger partial charge >= 0.3 is 0 Å². The summed E-state index contributed by atoms with van der Waals surface area (Å²) in [7, 11) is 0. The van der Waals surface area contributed by atoms with Crippen molar-refractivity contribution in [1.82, 2.24) is 10.9 Å². The summed E-state index contributed by atoms with van der Waals surface area (Å²) >= 11 is 0. The van der Waals surface area contributed by atoms with Crippen molar-refractivity contribution in [3.63, 3.8) is 0 Å². The minimum absolute atomic E-state index is 0.180. The average molecular weight is 428 g/mol. The molecule has 0 aliphatic carbocycles. The van der Waals surface area contributed by atoms with Gasteiger partial charge in [-0.3, -0.25) is 20.4 Å². The summed E-state index contributed by atoms with van der Waals surface area (Å²) in [5, 5.41) is 0. The summed E-state index contributed by atoms with van der Waals surface area (Å²) in [4.78, 5) is 27.7. The van der Waals surface area contributed by atoms with E-state index < -0.39 is 5.91 Å². The number of carbonyl (C=O) groups excluding carboxylic acids is 2. The van der Waals surface area contributed by atoms with Gasteiger partial charge in [0.15, 0.2) is 6.61 Å². The molecule has 2 aromatic rings. The zero-order chi connectivity index (χ0) is 21.9. The Kier molecular flexibility index (Phi) is 8.54. The molecule has 0 aromatic heterocycles. The highest BCUT2D eigenvalue weighted by Crippen LogP contribution is 2.17. The SMILES string of the molecule is CCOc1ccc(OCC(=O)NNC(=O)CC[NH+]2CCN(c3ccccc3)CC2)cc1. The monoisotopic (exact) mass is 427 g/mol. The van der Waals surface area contributed by atoms with Crippen LogP contribution < -0.4 is 30.1 Å². The van der Waals surface area contributed by atoms with E-state index in [0.717, 1.165) is 38.5 Å². The summed E-state index contributed by atoms with van der Waals surface area (Å²) in [5.74, 6) is 0.691. The van der Waals surface area contributed by atoms with Crippen LogP contribution in [0, 0.1) is 0 Å². The first-order chi connectivity index (χ1) is 15.1. The van der Waals surface area contributed by atoms with Crippen molar-refractivity contribution in [3.05, 3.63) is 54.6 Å². The second-order valence-corrected chi connectivity index (χ2v) is 7.36. The average Bonchev–Trinajstić information content (AvgIpc) is 2.82. The maximum atomic E-state index is 12.0. The van der Waals surface area contributed by atoms with E-state index in [1.807, 2.05) is 13.0 Å². The minimum atomic E-state index is -0.411. The number of rotatable bonds is 9. The minimum Gasteiger partial charge on any atom is -0.494 e. The molecule has 1 aliphatic heterocycles. The van der Waals surface area contributed by atoms with Crippen LogP contribution in [-0.4, -0.2) is 57.8 Å². The highest BCUT2D eigenvalue weighted by Gasteiger charge is 2.20. The number of benzene rings is 2. The van der Waals surface area contributed by atoms with E-state index in [0.29, 0.717) is 18.8 Å². The van der Waals surface area contributed by atoms with Crippen LogP contribution in [0.3, 0.4) is 0 Å². The molecule has 1 fully saturated rings. The lowest BCUT2D eigenvalue weighted by molar-refractivity contribution is -0.900. The molecule has 1 aliphatic rings. The topological polar surface area (TPSA) is 84.3 Å². The number of nitrogens with one attached hydrogen (secondary N) is 3. The van der Waals surface area contributed by atoms with Crippen LogP contribution in [0.25, 0.3) is 0 Å². The van der Waals surface area contributed by atoms with E-state index in [-0.39, 0.29) is 12.5 Å². The molecular weight excluding hydrogens is 396 g/mol. The molecule has 166 valence electrons. The van der Waals surface area contributed by atoms with E-state index in [1.54, 1.807) is 24.3 Å². The maximum Gasteiger partial charge on any atom is 0.276 e. The first-order valence-corrected chi connectivity index (χ1v) is 10.7. The molecule has 2 amide bonds. The second-order valence-electron chi connectivity index (χ2n) is 7.36. The molecule has 0 spiro atoms. The lowest BCUT2D eigenvalue weighted by Crippen LogP contribution is -3.15. The van der Waals surface area contributed by atoms with Gasteiger partial charge in [-0.1, -0.05) is 18.2 Å². The second kappa shape index (κ2) is 11.8. The fourth-order valence-electron chi connectivity index (χ4n) is 3.45. The van der Waals surface area contributed by atoms with Crippen LogP contribution in [0.2, 0.25) is 0 Å². The molecule has 0 unspecified atom stereocenters. The van der Waals surface area contributed by atoms with Gasteiger partial charge in [0.05, 0.1) is 45.8 Å². The molecule has 0 bridgehead atoms. The van der Waals surface area contributed by atoms with Gasteiger partial charge < -0.3 is 19.3 Å². The molecule has 3 N–H and O–H groups in total. The zero-order valence-electron chi connectivity index (χ0n) is 17.9. The van der Waals surface area contributed by atoms with E-state index >= 15 is 0 Å². The number of carbonyl (C=O) groups is 2. The first-order valence-electron chi connectivity index (χ1n) is 10.7. The van der Waals surface area contributed by atoms with Crippen molar-refractivity contribution in [1.29, 1.82) is 0 Å². The zero-order valence-corrected chi connectivity index (χ0v) is 17.9. The Balaban J connectivity index is 1.27. The highest BCUT2D eigenvalue weighted by molar-refractivity contribution is 5.82. The first kappa shape index (κ1) is 22.4. The van der Waals surface area contributed by atoms with Crippen LogP contribution in [0.15, 0.2) is 54.6 Å². The summed E-state index contributed by atoms with van der Waals surface area (Å²) < 4.78 is 10.8. The number of hydrogen-bond donors (Lipinski definition) is 3. The van der Waals surface area contributed by atoms with Gasteiger partial charge in [0, 0.05) is 5.69 Å². The Bertz CT molecular complexity index is 821. The van der Waals surface area contributed by atoms with Crippen molar-refractivity contribution in [3.8, 4) is 11.5 Å². The van der Waals surface area contributed by atoms with Gasteiger partial charge in [0.25, 0.3) is 5.91 Å². The van der Waals surface area contributed by atoms with Crippen LogP contribution in [0.4, 0.5) is 5.69 Å². The number of anilines is 1. The Morgan fingerprint density at radius 3 is 2.16 bits per heavy atom. The quantitative estimate of drug-likeness (QED) is 0.505. The molecule has 8 heteroatoms. The molecule has 3 rings (SSSR count). The van der Waals surface area contributed by atoms with E-state index in [4.69, 9.17) is 9.47 Å². The van der Waals surface area contributed by atoms with Crippen LogP contribution in [-0.2, 0) is 9.59 Å². The Labute approximate surface area is 183 Å². The fraction of sp³-hybridized carbons (Fsp3) is 0.391. The largest absolute Gasteiger partial charge is 0.494 e. The molecule has 0 atom stereocenters. The summed E-state index contributed by atoms with van der Waals surface area (Å²) in [6, 6.07) is 17.4. The molecule has 2 aromatic carbocycles. The van der Waals surface area contributed by atoms with Crippen molar-refractivity contribution in [2.45, 2.75) is 13.3 Å². The number of amides is 2. The number of nitrogens with zero attached hydrogens (tertiary/aromatic N) is 1. The van der Waals surface area contributed by atoms with Gasteiger partial charge in [0.2, 0.25) is 5.91 Å². The highest BCUT2D eigenvalue weighted by atomic mass is 16.5. The third kappa shape index (κ3) is 7.49. The number of hydrazine groups is 1. The van der Waals surface area contributed by atoms with Crippen molar-refractivity contribution in [2.24, 2.45) is 0 Å². The number of quaternary nitrogens is 1. The van der Waals surface area contributed by atoms with Crippen molar-refractivity contribution in [2.75, 3.05) is 50.8 Å². The smallest absolute Gasteiger partial charge is 0.276 e. The molecule has 1 heterocycles. The summed E-state index contributed by atoms with van der Waals surface area (Å²) in [6.07, 6.45) is 0.362. The molecule has 31 heavy (non-hydrogen) atoms. The number of ether oxygens (including phenoxy) is 2. The lowest BCUT2D eigenvalue weighted by Gasteiger charge is -2.33. The number of piperazine rings is 1. The third-order valence-corrected chi connectivity index (χ3v) is 5.14. The van der Waals surface area contributed by atoms with E-state index in [9.17, 15) is 9.59 Å². The van der Waals surface area contributed by atoms with Crippen molar-refractivity contribution >= 4 is 17.5 Å². The van der Waals surface area contributed by atoms with Crippen LogP contribution >= 0.6 is 0 Å². The van der Waals surface area contributed by atoms with E-state index in [1.165, 1.54) is 10.6 Å². The van der Waals surface area contributed by atoms with Crippen LogP contribution in [0.5, 0.6) is 11.5 Å². The van der Waals surface area contributed by atoms with Gasteiger partial charge in [-0.05, 0) is 43.3 Å². The Morgan fingerprint density at radius 2 is 1.52 bits per heavy atom. The molecule has 8 nitrogen and oxygen atoms in total. The van der Waals surface area contributed by atoms with Gasteiger partial charge in [0.1, 0.15) is 11.5 Å². The van der Waals surface area contributed by atoms with Crippen LogP contribution in [0.1, 0.15) is 13.3 Å². The summed E-state index contributed by atoms with van der Waals surface area (Å²) in [5.41, 5.74) is 6.10. The Hall–Kier alpha value is -3.26. The van der Waals surface area contributed by atoms with Crippen molar-refractivity contribution < 1.29 is 24.0 Å². The maximum absolute atomic E-state index is 12.0. The number of hydrogen-bond acceptors (Lipinski definition) is 5. The lowest BCUT2D eigenvalue weighted by atomic mass is 10.2. The van der Waals surface area contributed by atoms with Gasteiger partial charge in [-0.15, -0.1) is 0 Å². The van der Waals surface area contributed by atoms with E-state index in [2.05, 4.69) is 40.0 Å². The standard InChI is InChI=1S/C23H30N4O4/c1-2-30-20-8-10-21(11-9-20)31-18-23(29)25-24-22(28)12-13-26-14-16-27(17-15-26)19-6-4-3-5-7-19/h3-11H,2,12-18H2,1H3,(H,24,28)(H,25,29)/p+1. The molecular formula is C23H31N4O4+. The normalized spacial score (nSPS) is 14.0. The molecule has 0 saturated carbocycles. The Morgan fingerprint density at radius 1 is 0.903 bits per heavy atom. The number of para-hydroxylation sites is 1. The molecule has 0 radical (unpaired) electrons. The van der Waals surface area contributed by atoms with Gasteiger partial charge in [-0.25, -0.2) is 0 Å². The predicted octanol–water partition coefficient (Wildman–Crippen LogP) is 0.407. The third-order valence-electron chi connectivity index (χ3n) is 5.14. The fourth-order valence-corrected chi connectivity index (χ4v) is 3.45. The van der Waals surface area contributed by atoms with Gasteiger partial charge in [-0.2, -0.15) is 0 Å².